The third-order valence-electron chi connectivity index (χ3n) is 3.28. The Morgan fingerprint density at radius 1 is 1.40 bits per heavy atom. The van der Waals surface area contributed by atoms with Crippen molar-refractivity contribution in [3.63, 3.8) is 0 Å². The number of anilines is 1. The van der Waals surface area contributed by atoms with Gasteiger partial charge < -0.3 is 5.32 Å². The van der Waals surface area contributed by atoms with Crippen molar-refractivity contribution in [1.29, 1.82) is 0 Å². The lowest BCUT2D eigenvalue weighted by atomic mass is 9.80. The highest BCUT2D eigenvalue weighted by atomic mass is 15.2. The summed E-state index contributed by atoms with van der Waals surface area (Å²) in [5.41, 5.74) is 2.62. The Labute approximate surface area is 91.3 Å². The van der Waals surface area contributed by atoms with Crippen molar-refractivity contribution in [1.82, 2.24) is 10.2 Å². The first-order valence-corrected chi connectivity index (χ1v) is 5.76. The fourth-order valence-corrected chi connectivity index (χ4v) is 2.37. The van der Waals surface area contributed by atoms with Crippen molar-refractivity contribution in [3.8, 4) is 0 Å². The van der Waals surface area contributed by atoms with Crippen LogP contribution in [0, 0.1) is 5.92 Å². The van der Waals surface area contributed by atoms with Crippen molar-refractivity contribution in [2.45, 2.75) is 39.0 Å². The van der Waals surface area contributed by atoms with Gasteiger partial charge in [0.15, 0.2) is 0 Å². The van der Waals surface area contributed by atoms with Crippen LogP contribution < -0.4 is 5.32 Å². The maximum atomic E-state index is 4.38. The zero-order valence-corrected chi connectivity index (χ0v) is 9.75. The molecule has 0 aliphatic heterocycles. The predicted molar refractivity (Wildman–Crippen MR) is 62.1 cm³/mol. The van der Waals surface area contributed by atoms with Gasteiger partial charge in [0, 0.05) is 13.0 Å². The van der Waals surface area contributed by atoms with Gasteiger partial charge in [-0.15, -0.1) is 5.10 Å². The summed E-state index contributed by atoms with van der Waals surface area (Å²) in [6, 6.07) is 2.15. The van der Waals surface area contributed by atoms with E-state index in [1.807, 2.05) is 7.05 Å². The van der Waals surface area contributed by atoms with Crippen molar-refractivity contribution >= 4 is 5.82 Å². The monoisotopic (exact) mass is 205 g/mol. The number of nitrogens with zero attached hydrogens (tertiary/aromatic N) is 2. The first kappa shape index (κ1) is 10.4. The van der Waals surface area contributed by atoms with E-state index < -0.39 is 0 Å². The van der Waals surface area contributed by atoms with E-state index in [0.717, 1.165) is 12.2 Å². The molecule has 82 valence electrons. The quantitative estimate of drug-likeness (QED) is 0.806. The van der Waals surface area contributed by atoms with Crippen LogP contribution in [-0.2, 0) is 6.42 Å². The Bertz CT molecular complexity index is 347. The number of aromatic nitrogens is 2. The van der Waals surface area contributed by atoms with Crippen LogP contribution in [0.1, 0.15) is 43.9 Å². The van der Waals surface area contributed by atoms with Crippen LogP contribution in [-0.4, -0.2) is 17.2 Å². The molecule has 0 spiro atoms. The minimum atomic E-state index is 0.604. The lowest BCUT2D eigenvalue weighted by Crippen LogP contribution is -2.17. The number of hydrogen-bond donors (Lipinski definition) is 1. The summed E-state index contributed by atoms with van der Waals surface area (Å²) in [6.07, 6.45) is 3.70. The molecule has 1 aromatic rings. The number of nitrogens with one attached hydrogen (secondary N) is 1. The van der Waals surface area contributed by atoms with Gasteiger partial charge in [-0.1, -0.05) is 13.8 Å². The van der Waals surface area contributed by atoms with E-state index in [2.05, 4.69) is 35.4 Å². The van der Waals surface area contributed by atoms with E-state index in [9.17, 15) is 0 Å². The third kappa shape index (κ3) is 1.96. The molecule has 1 aliphatic carbocycles. The van der Waals surface area contributed by atoms with Gasteiger partial charge in [-0.25, -0.2) is 0 Å². The van der Waals surface area contributed by atoms with Crippen LogP contribution in [0.5, 0.6) is 0 Å². The summed E-state index contributed by atoms with van der Waals surface area (Å²) in [5, 5.41) is 11.6. The summed E-state index contributed by atoms with van der Waals surface area (Å²) in [6.45, 7) is 4.54. The summed E-state index contributed by atoms with van der Waals surface area (Å²) in [5.74, 6) is 2.16. The van der Waals surface area contributed by atoms with Crippen molar-refractivity contribution < 1.29 is 0 Å². The molecule has 1 atom stereocenters. The molecule has 1 heterocycles. The smallest absolute Gasteiger partial charge is 0.148 e. The zero-order chi connectivity index (χ0) is 10.8. The largest absolute Gasteiger partial charge is 0.372 e. The third-order valence-corrected chi connectivity index (χ3v) is 3.28. The number of fused-ring (bicyclic) bond motifs is 1. The number of rotatable bonds is 2. The second kappa shape index (κ2) is 4.17. The van der Waals surface area contributed by atoms with E-state index in [-0.39, 0.29) is 0 Å². The maximum absolute atomic E-state index is 4.38. The summed E-state index contributed by atoms with van der Waals surface area (Å²) in [4.78, 5) is 0. The minimum absolute atomic E-state index is 0.604. The summed E-state index contributed by atoms with van der Waals surface area (Å²) in [7, 11) is 1.89. The standard InChI is InChI=1S/C12H19N3/c1-8(2)10-6-4-5-9-7-11(13-3)14-15-12(9)10/h7-8,10H,4-6H2,1-3H3,(H,13,14). The molecule has 3 nitrogen and oxygen atoms in total. The molecule has 0 aromatic carbocycles. The average molecular weight is 205 g/mol. The molecule has 0 amide bonds. The Kier molecular flexibility index (Phi) is 2.89. The van der Waals surface area contributed by atoms with Crippen LogP contribution in [0.25, 0.3) is 0 Å². The van der Waals surface area contributed by atoms with Gasteiger partial charge in [0.2, 0.25) is 0 Å². The van der Waals surface area contributed by atoms with Crippen molar-refractivity contribution in [3.05, 3.63) is 17.3 Å². The Morgan fingerprint density at radius 2 is 2.20 bits per heavy atom. The number of hydrogen-bond acceptors (Lipinski definition) is 3. The SMILES string of the molecule is CNc1cc2c(nn1)C(C(C)C)CCC2. The lowest BCUT2D eigenvalue weighted by molar-refractivity contribution is 0.419. The second-order valence-electron chi connectivity index (χ2n) is 4.63. The van der Waals surface area contributed by atoms with Gasteiger partial charge in [-0.3, -0.25) is 0 Å². The molecule has 0 radical (unpaired) electrons. The first-order valence-electron chi connectivity index (χ1n) is 5.76. The lowest BCUT2D eigenvalue weighted by Gasteiger charge is -2.26. The average Bonchev–Trinajstić information content (AvgIpc) is 2.27. The molecule has 0 fully saturated rings. The fourth-order valence-electron chi connectivity index (χ4n) is 2.37. The molecule has 1 N–H and O–H groups in total. The predicted octanol–water partition coefficient (Wildman–Crippen LogP) is 2.59. The van der Waals surface area contributed by atoms with E-state index in [4.69, 9.17) is 0 Å². The fraction of sp³-hybridized carbons (Fsp3) is 0.667. The van der Waals surface area contributed by atoms with Crippen molar-refractivity contribution in [2.24, 2.45) is 5.92 Å². The highest BCUT2D eigenvalue weighted by Gasteiger charge is 2.24. The van der Waals surface area contributed by atoms with E-state index in [1.165, 1.54) is 24.1 Å². The van der Waals surface area contributed by atoms with Gasteiger partial charge in [0.25, 0.3) is 0 Å². The Morgan fingerprint density at radius 3 is 2.87 bits per heavy atom. The van der Waals surface area contributed by atoms with Gasteiger partial charge in [-0.2, -0.15) is 5.10 Å². The summed E-state index contributed by atoms with van der Waals surface area (Å²) < 4.78 is 0. The molecule has 15 heavy (non-hydrogen) atoms. The van der Waals surface area contributed by atoms with E-state index in [0.29, 0.717) is 11.8 Å². The molecule has 3 heteroatoms. The molecule has 0 saturated heterocycles. The molecule has 2 rings (SSSR count). The van der Waals surface area contributed by atoms with E-state index >= 15 is 0 Å². The molecule has 0 saturated carbocycles. The minimum Gasteiger partial charge on any atom is -0.372 e. The number of aryl methyl sites for hydroxylation is 1. The van der Waals surface area contributed by atoms with Gasteiger partial charge in [0.1, 0.15) is 5.82 Å². The van der Waals surface area contributed by atoms with Gasteiger partial charge in [0.05, 0.1) is 5.69 Å². The highest BCUT2D eigenvalue weighted by Crippen LogP contribution is 2.35. The Balaban J connectivity index is 2.36. The normalized spacial score (nSPS) is 20.1. The van der Waals surface area contributed by atoms with Crippen LogP contribution in [0.2, 0.25) is 0 Å². The zero-order valence-electron chi connectivity index (χ0n) is 9.75. The second-order valence-corrected chi connectivity index (χ2v) is 4.63. The molecule has 1 aromatic heterocycles. The van der Waals surface area contributed by atoms with Crippen LogP contribution in [0.4, 0.5) is 5.82 Å². The van der Waals surface area contributed by atoms with E-state index in [1.54, 1.807) is 0 Å². The Hall–Kier alpha value is -1.12. The van der Waals surface area contributed by atoms with Crippen molar-refractivity contribution in [2.75, 3.05) is 12.4 Å². The highest BCUT2D eigenvalue weighted by molar-refractivity contribution is 5.39. The molecular weight excluding hydrogens is 186 g/mol. The van der Waals surface area contributed by atoms with Gasteiger partial charge in [-0.05, 0) is 36.8 Å². The molecular formula is C12H19N3. The molecule has 1 aliphatic rings. The van der Waals surface area contributed by atoms with Crippen LogP contribution in [0.15, 0.2) is 6.07 Å². The topological polar surface area (TPSA) is 37.8 Å². The molecule has 1 unspecified atom stereocenters. The molecule has 0 bridgehead atoms. The van der Waals surface area contributed by atoms with Crippen LogP contribution in [0.3, 0.4) is 0 Å². The first-order chi connectivity index (χ1) is 7.22. The summed E-state index contributed by atoms with van der Waals surface area (Å²) >= 11 is 0. The maximum Gasteiger partial charge on any atom is 0.148 e. The van der Waals surface area contributed by atoms with Gasteiger partial charge >= 0.3 is 0 Å². The van der Waals surface area contributed by atoms with Crippen LogP contribution >= 0.6 is 0 Å².